The first kappa shape index (κ1) is 18.5. The fraction of sp³-hybridized carbons (Fsp3) is 0.300. The van der Waals surface area contributed by atoms with Crippen LogP contribution in [0.3, 0.4) is 0 Å². The molecule has 0 amide bonds. The molecule has 0 radical (unpaired) electrons. The molecule has 1 saturated heterocycles. The monoisotopic (exact) mass is 368 g/mol. The average molecular weight is 369 g/mol. The zero-order valence-electron chi connectivity index (χ0n) is 14.7. The maximum absolute atomic E-state index is 5.34. The van der Waals surface area contributed by atoms with Gasteiger partial charge < -0.3 is 10.1 Å². The van der Waals surface area contributed by atoms with Gasteiger partial charge >= 0.3 is 0 Å². The number of thiocarbonyl (C=S) groups is 1. The molecule has 1 heterocycles. The summed E-state index contributed by atoms with van der Waals surface area (Å²) < 4.78 is 5.34. The normalized spacial score (nSPS) is 15.1. The smallest absolute Gasteiger partial charge is 0.187 e. The molecule has 0 aliphatic carbocycles. The Morgan fingerprint density at radius 3 is 2.46 bits per heavy atom. The van der Waals surface area contributed by atoms with Crippen molar-refractivity contribution in [3.8, 4) is 11.1 Å². The largest absolute Gasteiger partial charge is 0.379 e. The lowest BCUT2D eigenvalue weighted by molar-refractivity contribution is 0.0389. The van der Waals surface area contributed by atoms with Crippen molar-refractivity contribution in [2.45, 2.75) is 0 Å². The van der Waals surface area contributed by atoms with E-state index in [1.54, 1.807) is 6.21 Å². The molecular formula is C20H24N4OS. The van der Waals surface area contributed by atoms with Crippen LogP contribution in [0.4, 0.5) is 0 Å². The van der Waals surface area contributed by atoms with Gasteiger partial charge in [-0.3, -0.25) is 10.3 Å². The summed E-state index contributed by atoms with van der Waals surface area (Å²) in [7, 11) is 0. The van der Waals surface area contributed by atoms with Crippen LogP contribution in [0.25, 0.3) is 11.1 Å². The third-order valence-electron chi connectivity index (χ3n) is 4.21. The van der Waals surface area contributed by atoms with Gasteiger partial charge in [-0.05, 0) is 28.9 Å². The molecular weight excluding hydrogens is 344 g/mol. The number of morpholine rings is 1. The second kappa shape index (κ2) is 10.0. The minimum Gasteiger partial charge on any atom is -0.379 e. The highest BCUT2D eigenvalue weighted by Crippen LogP contribution is 2.18. The van der Waals surface area contributed by atoms with E-state index >= 15 is 0 Å². The molecule has 6 heteroatoms. The van der Waals surface area contributed by atoms with Crippen LogP contribution in [0.1, 0.15) is 5.56 Å². The first-order valence-electron chi connectivity index (χ1n) is 8.84. The Morgan fingerprint density at radius 2 is 1.73 bits per heavy atom. The molecule has 1 fully saturated rings. The fourth-order valence-electron chi connectivity index (χ4n) is 2.75. The number of hydrogen-bond donors (Lipinski definition) is 2. The molecule has 3 rings (SSSR count). The number of nitrogens with zero attached hydrogens (tertiary/aromatic N) is 2. The predicted molar refractivity (Wildman–Crippen MR) is 110 cm³/mol. The van der Waals surface area contributed by atoms with Crippen molar-refractivity contribution in [3.05, 3.63) is 60.2 Å². The summed E-state index contributed by atoms with van der Waals surface area (Å²) in [6, 6.07) is 18.6. The van der Waals surface area contributed by atoms with Crippen molar-refractivity contribution in [1.82, 2.24) is 15.6 Å². The van der Waals surface area contributed by atoms with Gasteiger partial charge in [0.2, 0.25) is 0 Å². The first-order valence-corrected chi connectivity index (χ1v) is 9.24. The third kappa shape index (κ3) is 5.91. The number of ether oxygens (including phenoxy) is 1. The van der Waals surface area contributed by atoms with Gasteiger partial charge in [0, 0.05) is 26.2 Å². The molecule has 1 aliphatic heterocycles. The molecule has 0 bridgehead atoms. The SMILES string of the molecule is S=C(NCCN1CCOCC1)N/N=C/c1ccc(-c2ccccc2)cc1. The zero-order valence-corrected chi connectivity index (χ0v) is 15.5. The van der Waals surface area contributed by atoms with Gasteiger partial charge in [0.25, 0.3) is 0 Å². The topological polar surface area (TPSA) is 48.9 Å². The number of rotatable bonds is 6. The lowest BCUT2D eigenvalue weighted by Gasteiger charge is -2.26. The van der Waals surface area contributed by atoms with Crippen LogP contribution < -0.4 is 10.7 Å². The lowest BCUT2D eigenvalue weighted by Crippen LogP contribution is -2.42. The van der Waals surface area contributed by atoms with Gasteiger partial charge in [0.05, 0.1) is 19.4 Å². The first-order chi connectivity index (χ1) is 12.8. The van der Waals surface area contributed by atoms with E-state index in [2.05, 4.69) is 45.0 Å². The Labute approximate surface area is 160 Å². The van der Waals surface area contributed by atoms with Crippen molar-refractivity contribution < 1.29 is 4.74 Å². The molecule has 0 spiro atoms. The quantitative estimate of drug-likeness (QED) is 0.466. The van der Waals surface area contributed by atoms with E-state index in [9.17, 15) is 0 Å². The average Bonchev–Trinajstić information content (AvgIpc) is 2.70. The van der Waals surface area contributed by atoms with Crippen molar-refractivity contribution in [3.63, 3.8) is 0 Å². The Morgan fingerprint density at radius 1 is 1.04 bits per heavy atom. The van der Waals surface area contributed by atoms with Crippen LogP contribution >= 0.6 is 12.2 Å². The molecule has 2 aromatic rings. The highest BCUT2D eigenvalue weighted by molar-refractivity contribution is 7.80. The van der Waals surface area contributed by atoms with Gasteiger partial charge in [-0.15, -0.1) is 0 Å². The number of nitrogens with one attached hydrogen (secondary N) is 2. The molecule has 5 nitrogen and oxygen atoms in total. The van der Waals surface area contributed by atoms with E-state index in [0.717, 1.165) is 45.0 Å². The van der Waals surface area contributed by atoms with Crippen molar-refractivity contribution >= 4 is 23.5 Å². The molecule has 0 saturated carbocycles. The van der Waals surface area contributed by atoms with E-state index in [-0.39, 0.29) is 0 Å². The maximum atomic E-state index is 5.34. The summed E-state index contributed by atoms with van der Waals surface area (Å²) in [6.07, 6.45) is 1.77. The van der Waals surface area contributed by atoms with Crippen LogP contribution in [0.2, 0.25) is 0 Å². The van der Waals surface area contributed by atoms with Crippen molar-refractivity contribution in [2.24, 2.45) is 5.10 Å². The summed E-state index contributed by atoms with van der Waals surface area (Å²) in [6.45, 7) is 5.35. The molecule has 0 aromatic heterocycles. The van der Waals surface area contributed by atoms with Gasteiger partial charge in [-0.1, -0.05) is 54.6 Å². The number of hydrazone groups is 1. The molecule has 136 valence electrons. The predicted octanol–water partition coefficient (Wildman–Crippen LogP) is 2.48. The van der Waals surface area contributed by atoms with E-state index in [4.69, 9.17) is 17.0 Å². The minimum absolute atomic E-state index is 0.537. The van der Waals surface area contributed by atoms with Crippen LogP contribution in [0.5, 0.6) is 0 Å². The summed E-state index contributed by atoms with van der Waals surface area (Å²) in [4.78, 5) is 2.36. The van der Waals surface area contributed by atoms with Gasteiger partial charge in [-0.25, -0.2) is 0 Å². The van der Waals surface area contributed by atoms with E-state index in [0.29, 0.717) is 5.11 Å². The summed E-state index contributed by atoms with van der Waals surface area (Å²) in [5.74, 6) is 0. The minimum atomic E-state index is 0.537. The summed E-state index contributed by atoms with van der Waals surface area (Å²) in [5.41, 5.74) is 6.28. The Hall–Kier alpha value is -2.28. The molecule has 0 atom stereocenters. The second-order valence-corrected chi connectivity index (χ2v) is 6.48. The van der Waals surface area contributed by atoms with Crippen LogP contribution in [0, 0.1) is 0 Å². The third-order valence-corrected chi connectivity index (χ3v) is 4.45. The van der Waals surface area contributed by atoms with Crippen molar-refractivity contribution in [1.29, 1.82) is 0 Å². The molecule has 2 N–H and O–H groups in total. The summed E-state index contributed by atoms with van der Waals surface area (Å²) in [5, 5.41) is 7.91. The van der Waals surface area contributed by atoms with Crippen LogP contribution in [0.15, 0.2) is 59.7 Å². The standard InChI is InChI=1S/C20H24N4OS/c26-20(21-10-11-24-12-14-25-15-13-24)23-22-16-17-6-8-19(9-7-17)18-4-2-1-3-5-18/h1-9,16H,10-15H2,(H2,21,23,26)/b22-16+. The molecule has 1 aliphatic rings. The van der Waals surface area contributed by atoms with Crippen molar-refractivity contribution in [2.75, 3.05) is 39.4 Å². The highest BCUT2D eigenvalue weighted by atomic mass is 32.1. The maximum Gasteiger partial charge on any atom is 0.187 e. The van der Waals surface area contributed by atoms with Gasteiger partial charge in [0.15, 0.2) is 5.11 Å². The van der Waals surface area contributed by atoms with E-state index in [1.807, 2.05) is 30.3 Å². The fourth-order valence-corrected chi connectivity index (χ4v) is 2.90. The van der Waals surface area contributed by atoms with Gasteiger partial charge in [-0.2, -0.15) is 5.10 Å². The number of hydrogen-bond acceptors (Lipinski definition) is 4. The van der Waals surface area contributed by atoms with E-state index < -0.39 is 0 Å². The van der Waals surface area contributed by atoms with Crippen LogP contribution in [-0.2, 0) is 4.74 Å². The van der Waals surface area contributed by atoms with Crippen LogP contribution in [-0.4, -0.2) is 55.6 Å². The Balaban J connectivity index is 1.39. The second-order valence-electron chi connectivity index (χ2n) is 6.07. The van der Waals surface area contributed by atoms with E-state index in [1.165, 1.54) is 11.1 Å². The molecule has 2 aromatic carbocycles. The molecule has 0 unspecified atom stereocenters. The number of benzene rings is 2. The lowest BCUT2D eigenvalue weighted by atomic mass is 10.0. The van der Waals surface area contributed by atoms with Gasteiger partial charge in [0.1, 0.15) is 0 Å². The zero-order chi connectivity index (χ0) is 18.0. The Kier molecular flexibility index (Phi) is 7.13. The Bertz CT molecular complexity index is 712. The summed E-state index contributed by atoms with van der Waals surface area (Å²) >= 11 is 5.24. The molecule has 26 heavy (non-hydrogen) atoms. The highest BCUT2D eigenvalue weighted by Gasteiger charge is 2.09.